The molecule has 0 aliphatic rings. The number of carbonyl (C=O) groups excluding carboxylic acids is 1. The molecule has 0 heterocycles. The summed E-state index contributed by atoms with van der Waals surface area (Å²) in [4.78, 5) is 13.4. The number of benzene rings is 2. The molecule has 110 valence electrons. The van der Waals surface area contributed by atoms with Crippen LogP contribution in [0.5, 0.6) is 0 Å². The first-order valence-electron chi connectivity index (χ1n) is 6.41. The lowest BCUT2D eigenvalue weighted by Gasteiger charge is -2.21. The van der Waals surface area contributed by atoms with Crippen LogP contribution in [0.2, 0.25) is 0 Å². The van der Waals surface area contributed by atoms with Crippen LogP contribution in [0.3, 0.4) is 0 Å². The first kappa shape index (κ1) is 15.1. The number of rotatable bonds is 4. The van der Waals surface area contributed by atoms with Crippen molar-refractivity contribution in [2.24, 2.45) is 0 Å². The van der Waals surface area contributed by atoms with E-state index in [0.29, 0.717) is 11.1 Å². The molecule has 0 aromatic heterocycles. The number of carbonyl (C=O) groups is 1. The van der Waals surface area contributed by atoms with E-state index in [-0.39, 0.29) is 6.54 Å². The predicted molar refractivity (Wildman–Crippen MR) is 74.2 cm³/mol. The van der Waals surface area contributed by atoms with Crippen LogP contribution in [-0.4, -0.2) is 23.0 Å². The zero-order valence-electron chi connectivity index (χ0n) is 11.5. The number of halogens is 2. The Morgan fingerprint density at radius 1 is 1.14 bits per heavy atom. The maximum absolute atomic E-state index is 13.1. The van der Waals surface area contributed by atoms with E-state index in [0.717, 1.165) is 12.1 Å². The van der Waals surface area contributed by atoms with E-state index in [1.807, 2.05) is 0 Å². The Bertz CT molecular complexity index is 631. The highest BCUT2D eigenvalue weighted by atomic mass is 19.2. The quantitative estimate of drug-likeness (QED) is 0.941. The molecule has 1 N–H and O–H groups in total. The van der Waals surface area contributed by atoms with Gasteiger partial charge in [0, 0.05) is 13.6 Å². The summed E-state index contributed by atoms with van der Waals surface area (Å²) < 4.78 is 26.0. The molecule has 0 bridgehead atoms. The first-order valence-corrected chi connectivity index (χ1v) is 6.41. The smallest absolute Gasteiger partial charge is 0.256 e. The van der Waals surface area contributed by atoms with Crippen LogP contribution in [0.4, 0.5) is 8.78 Å². The zero-order chi connectivity index (χ0) is 15.4. The number of hydrogen-bond acceptors (Lipinski definition) is 2. The minimum absolute atomic E-state index is 0.0833. The van der Waals surface area contributed by atoms with Gasteiger partial charge in [0.25, 0.3) is 5.91 Å². The summed E-state index contributed by atoms with van der Waals surface area (Å²) in [5.74, 6) is -2.40. The molecular weight excluding hydrogens is 276 g/mol. The zero-order valence-corrected chi connectivity index (χ0v) is 11.5. The molecule has 0 aliphatic carbocycles. The Balaban J connectivity index is 2.07. The van der Waals surface area contributed by atoms with Crippen molar-refractivity contribution >= 4 is 5.91 Å². The average Bonchev–Trinajstić information content (AvgIpc) is 2.50. The van der Waals surface area contributed by atoms with Crippen molar-refractivity contribution in [3.05, 3.63) is 71.3 Å². The molecule has 1 unspecified atom stereocenters. The molecule has 21 heavy (non-hydrogen) atoms. The lowest BCUT2D eigenvalue weighted by Crippen LogP contribution is -2.31. The number of hydrogen-bond donors (Lipinski definition) is 1. The van der Waals surface area contributed by atoms with E-state index in [4.69, 9.17) is 0 Å². The number of amides is 1. The minimum atomic E-state index is -1.28. The van der Waals surface area contributed by atoms with Gasteiger partial charge in [-0.15, -0.1) is 0 Å². The summed E-state index contributed by atoms with van der Waals surface area (Å²) >= 11 is 0. The molecule has 0 radical (unpaired) electrons. The van der Waals surface area contributed by atoms with Gasteiger partial charge in [-0.2, -0.15) is 0 Å². The Hall–Kier alpha value is -2.27. The van der Waals surface area contributed by atoms with Gasteiger partial charge in [0.05, 0.1) is 0 Å². The van der Waals surface area contributed by atoms with Crippen LogP contribution in [0.25, 0.3) is 0 Å². The highest BCUT2D eigenvalue weighted by molar-refractivity contribution is 5.81. The van der Waals surface area contributed by atoms with Gasteiger partial charge in [-0.05, 0) is 23.3 Å². The fraction of sp³-hybridized carbons (Fsp3) is 0.188. The van der Waals surface area contributed by atoms with Crippen LogP contribution in [0.15, 0.2) is 48.5 Å². The van der Waals surface area contributed by atoms with Gasteiger partial charge < -0.3 is 10.0 Å². The second-order valence-corrected chi connectivity index (χ2v) is 4.76. The third kappa shape index (κ3) is 3.64. The van der Waals surface area contributed by atoms with Crippen LogP contribution < -0.4 is 0 Å². The normalized spacial score (nSPS) is 12.0. The molecule has 2 aromatic carbocycles. The average molecular weight is 291 g/mol. The molecule has 0 fully saturated rings. The van der Waals surface area contributed by atoms with E-state index in [9.17, 15) is 18.7 Å². The first-order chi connectivity index (χ1) is 9.99. The van der Waals surface area contributed by atoms with Crippen molar-refractivity contribution in [2.45, 2.75) is 12.6 Å². The van der Waals surface area contributed by atoms with Crippen LogP contribution in [0.1, 0.15) is 17.2 Å². The maximum atomic E-state index is 13.1. The van der Waals surface area contributed by atoms with E-state index in [1.165, 1.54) is 18.0 Å². The van der Waals surface area contributed by atoms with Gasteiger partial charge in [-0.25, -0.2) is 8.78 Å². The largest absolute Gasteiger partial charge is 0.378 e. The van der Waals surface area contributed by atoms with Crippen LogP contribution in [0, 0.1) is 11.6 Å². The molecule has 0 saturated heterocycles. The van der Waals surface area contributed by atoms with Gasteiger partial charge in [0.15, 0.2) is 17.7 Å². The number of aliphatic hydroxyl groups excluding tert-OH is 1. The third-order valence-corrected chi connectivity index (χ3v) is 3.13. The van der Waals surface area contributed by atoms with Gasteiger partial charge in [-0.1, -0.05) is 36.4 Å². The molecule has 1 atom stereocenters. The highest BCUT2D eigenvalue weighted by Crippen LogP contribution is 2.17. The SMILES string of the molecule is CN(Cc1ccc(F)c(F)c1)C(=O)C(O)c1ccccc1. The standard InChI is InChI=1S/C16H15F2NO2/c1-19(10-11-7-8-13(17)14(18)9-11)16(21)15(20)12-5-3-2-4-6-12/h2-9,15,20H,10H2,1H3. The summed E-state index contributed by atoms with van der Waals surface area (Å²) in [5.41, 5.74) is 0.935. The summed E-state index contributed by atoms with van der Waals surface area (Å²) in [7, 11) is 1.50. The third-order valence-electron chi connectivity index (χ3n) is 3.13. The molecule has 0 aliphatic heterocycles. The van der Waals surface area contributed by atoms with E-state index in [2.05, 4.69) is 0 Å². The second kappa shape index (κ2) is 6.45. The molecule has 5 heteroatoms. The van der Waals surface area contributed by atoms with Crippen molar-refractivity contribution in [1.29, 1.82) is 0 Å². The second-order valence-electron chi connectivity index (χ2n) is 4.76. The molecular formula is C16H15F2NO2. The summed E-state index contributed by atoms with van der Waals surface area (Å²) in [5, 5.41) is 10.0. The maximum Gasteiger partial charge on any atom is 0.256 e. The van der Waals surface area contributed by atoms with Crippen molar-refractivity contribution in [2.75, 3.05) is 7.05 Å². The van der Waals surface area contributed by atoms with Crippen molar-refractivity contribution < 1.29 is 18.7 Å². The van der Waals surface area contributed by atoms with Crippen molar-refractivity contribution in [1.82, 2.24) is 4.90 Å². The van der Waals surface area contributed by atoms with Gasteiger partial charge >= 0.3 is 0 Å². The number of aliphatic hydroxyl groups is 1. The monoisotopic (exact) mass is 291 g/mol. The van der Waals surface area contributed by atoms with Crippen molar-refractivity contribution in [3.8, 4) is 0 Å². The van der Waals surface area contributed by atoms with Crippen LogP contribution >= 0.6 is 0 Å². The highest BCUT2D eigenvalue weighted by Gasteiger charge is 2.21. The molecule has 3 nitrogen and oxygen atoms in total. The fourth-order valence-electron chi connectivity index (χ4n) is 1.98. The van der Waals surface area contributed by atoms with E-state index >= 15 is 0 Å². The molecule has 2 aromatic rings. The molecule has 2 rings (SSSR count). The summed E-state index contributed by atoms with van der Waals surface area (Å²) in [6.07, 6.45) is -1.28. The Labute approximate surface area is 121 Å². The fourth-order valence-corrected chi connectivity index (χ4v) is 1.98. The summed E-state index contributed by atoms with van der Waals surface area (Å²) in [6, 6.07) is 12.0. The Kier molecular flexibility index (Phi) is 4.65. The lowest BCUT2D eigenvalue weighted by molar-refractivity contribution is -0.139. The van der Waals surface area contributed by atoms with Crippen LogP contribution in [-0.2, 0) is 11.3 Å². The molecule has 0 spiro atoms. The van der Waals surface area contributed by atoms with Crippen molar-refractivity contribution in [3.63, 3.8) is 0 Å². The molecule has 1 amide bonds. The molecule has 0 saturated carbocycles. The predicted octanol–water partition coefficient (Wildman–Crippen LogP) is 2.66. The van der Waals surface area contributed by atoms with E-state index in [1.54, 1.807) is 30.3 Å². The van der Waals surface area contributed by atoms with Gasteiger partial charge in [-0.3, -0.25) is 4.79 Å². The Morgan fingerprint density at radius 2 is 1.81 bits per heavy atom. The lowest BCUT2D eigenvalue weighted by atomic mass is 10.1. The van der Waals surface area contributed by atoms with Gasteiger partial charge in [0.2, 0.25) is 0 Å². The topological polar surface area (TPSA) is 40.5 Å². The number of nitrogens with zero attached hydrogens (tertiary/aromatic N) is 1. The summed E-state index contributed by atoms with van der Waals surface area (Å²) in [6.45, 7) is 0.0833. The number of likely N-dealkylation sites (N-methyl/N-ethyl adjacent to an activating group) is 1. The Morgan fingerprint density at radius 3 is 2.43 bits per heavy atom. The minimum Gasteiger partial charge on any atom is -0.378 e. The van der Waals surface area contributed by atoms with E-state index < -0.39 is 23.6 Å². The van der Waals surface area contributed by atoms with Gasteiger partial charge in [0.1, 0.15) is 0 Å².